The van der Waals surface area contributed by atoms with Gasteiger partial charge in [0.25, 0.3) is 5.91 Å². The summed E-state index contributed by atoms with van der Waals surface area (Å²) < 4.78 is 21.8. The van der Waals surface area contributed by atoms with Gasteiger partial charge in [-0.15, -0.1) is 0 Å². The number of esters is 1. The molecule has 196 valence electrons. The summed E-state index contributed by atoms with van der Waals surface area (Å²) >= 11 is 0. The first kappa shape index (κ1) is 25.5. The van der Waals surface area contributed by atoms with Crippen LogP contribution in [0.25, 0.3) is 32.9 Å². The van der Waals surface area contributed by atoms with E-state index < -0.39 is 18.5 Å². The lowest BCUT2D eigenvalue weighted by atomic mass is 10.0. The highest BCUT2D eigenvalue weighted by molar-refractivity contribution is 6.06. The second-order valence-electron chi connectivity index (χ2n) is 8.64. The van der Waals surface area contributed by atoms with Crippen LogP contribution in [0.15, 0.2) is 84.9 Å². The Morgan fingerprint density at radius 2 is 1.44 bits per heavy atom. The van der Waals surface area contributed by atoms with Gasteiger partial charge in [0, 0.05) is 22.0 Å². The van der Waals surface area contributed by atoms with Crippen LogP contribution in [0.4, 0.5) is 5.69 Å². The summed E-state index contributed by atoms with van der Waals surface area (Å²) in [5.41, 5.74) is 2.67. The normalized spacial score (nSPS) is 10.7. The molecule has 1 N–H and O–H groups in total. The summed E-state index contributed by atoms with van der Waals surface area (Å²) in [6.45, 7) is -0.446. The minimum Gasteiger partial charge on any atom is -0.493 e. The smallest absolute Gasteiger partial charge is 0.339 e. The second-order valence-corrected chi connectivity index (χ2v) is 8.64. The predicted octanol–water partition coefficient (Wildman–Crippen LogP) is 5.88. The Morgan fingerprint density at radius 3 is 2.15 bits per heavy atom. The number of fused-ring (bicyclic) bond motifs is 2. The van der Waals surface area contributed by atoms with E-state index in [-0.39, 0.29) is 5.56 Å². The standard InChI is InChI=1S/C31H26N2O6/c1-36-27-15-20(16-28(37-2)30(27)38-3)26-17-23(22-12-6-7-13-25(22)32-26)31(35)39-18-29(34)33-24-14-8-10-19-9-4-5-11-21(19)24/h4-17H,18H2,1-3H3,(H,33,34). The Balaban J connectivity index is 1.43. The van der Waals surface area contributed by atoms with Crippen LogP contribution in [-0.2, 0) is 9.53 Å². The minimum absolute atomic E-state index is 0.280. The molecule has 0 atom stereocenters. The number of hydrogen-bond donors (Lipinski definition) is 1. The van der Waals surface area contributed by atoms with Crippen LogP contribution in [0.3, 0.4) is 0 Å². The van der Waals surface area contributed by atoms with E-state index in [0.29, 0.717) is 45.1 Å². The Bertz CT molecular complexity index is 1670. The fourth-order valence-corrected chi connectivity index (χ4v) is 4.45. The van der Waals surface area contributed by atoms with Gasteiger partial charge in [-0.1, -0.05) is 54.6 Å². The molecular formula is C31H26N2O6. The van der Waals surface area contributed by atoms with Crippen LogP contribution in [0.1, 0.15) is 10.4 Å². The van der Waals surface area contributed by atoms with E-state index in [1.807, 2.05) is 54.6 Å². The monoisotopic (exact) mass is 522 g/mol. The SMILES string of the molecule is COc1cc(-c2cc(C(=O)OCC(=O)Nc3cccc4ccccc34)c3ccccc3n2)cc(OC)c1OC. The molecule has 5 aromatic rings. The van der Waals surface area contributed by atoms with Gasteiger partial charge >= 0.3 is 5.97 Å². The molecule has 8 heteroatoms. The maximum absolute atomic E-state index is 13.3. The highest BCUT2D eigenvalue weighted by Crippen LogP contribution is 2.41. The average Bonchev–Trinajstić information content (AvgIpc) is 2.98. The van der Waals surface area contributed by atoms with Crippen molar-refractivity contribution in [1.29, 1.82) is 0 Å². The van der Waals surface area contributed by atoms with E-state index in [0.717, 1.165) is 10.8 Å². The molecule has 39 heavy (non-hydrogen) atoms. The van der Waals surface area contributed by atoms with Gasteiger partial charge in [-0.25, -0.2) is 9.78 Å². The Labute approximate surface area is 225 Å². The van der Waals surface area contributed by atoms with Gasteiger partial charge in [0.05, 0.1) is 38.1 Å². The van der Waals surface area contributed by atoms with Gasteiger partial charge in [0.15, 0.2) is 18.1 Å². The lowest BCUT2D eigenvalue weighted by molar-refractivity contribution is -0.119. The van der Waals surface area contributed by atoms with Crippen LogP contribution in [0.2, 0.25) is 0 Å². The van der Waals surface area contributed by atoms with E-state index in [2.05, 4.69) is 5.32 Å². The number of nitrogens with zero attached hydrogens (tertiary/aromatic N) is 1. The average molecular weight is 523 g/mol. The Kier molecular flexibility index (Phi) is 7.27. The molecule has 5 rings (SSSR count). The molecule has 8 nitrogen and oxygen atoms in total. The molecule has 0 aliphatic carbocycles. The van der Waals surface area contributed by atoms with Gasteiger partial charge < -0.3 is 24.3 Å². The number of pyridine rings is 1. The van der Waals surface area contributed by atoms with Crippen molar-refractivity contribution >= 4 is 39.2 Å². The number of amides is 1. The molecule has 0 fully saturated rings. The number of ether oxygens (including phenoxy) is 4. The lowest BCUT2D eigenvalue weighted by Gasteiger charge is -2.15. The largest absolute Gasteiger partial charge is 0.493 e. The highest BCUT2D eigenvalue weighted by Gasteiger charge is 2.19. The highest BCUT2D eigenvalue weighted by atomic mass is 16.5. The van der Waals surface area contributed by atoms with Gasteiger partial charge in [0.2, 0.25) is 5.75 Å². The van der Waals surface area contributed by atoms with Crippen molar-refractivity contribution < 1.29 is 28.5 Å². The third-order valence-electron chi connectivity index (χ3n) is 6.29. The number of benzene rings is 4. The zero-order chi connectivity index (χ0) is 27.4. The van der Waals surface area contributed by atoms with Crippen molar-refractivity contribution in [3.8, 4) is 28.5 Å². The molecule has 0 unspecified atom stereocenters. The lowest BCUT2D eigenvalue weighted by Crippen LogP contribution is -2.21. The quantitative estimate of drug-likeness (QED) is 0.254. The number of carbonyl (C=O) groups excluding carboxylic acids is 2. The third-order valence-corrected chi connectivity index (χ3v) is 6.29. The number of rotatable bonds is 8. The molecule has 0 saturated carbocycles. The molecule has 0 aliphatic heterocycles. The molecular weight excluding hydrogens is 496 g/mol. The first-order valence-corrected chi connectivity index (χ1v) is 12.2. The summed E-state index contributed by atoms with van der Waals surface area (Å²) in [4.78, 5) is 30.7. The first-order valence-electron chi connectivity index (χ1n) is 12.2. The third kappa shape index (κ3) is 5.17. The number of nitrogens with one attached hydrogen (secondary N) is 1. The maximum Gasteiger partial charge on any atom is 0.339 e. The molecule has 0 aliphatic rings. The molecule has 0 spiro atoms. The van der Waals surface area contributed by atoms with E-state index in [1.54, 1.807) is 30.3 Å². The topological polar surface area (TPSA) is 96.0 Å². The first-order chi connectivity index (χ1) is 19.0. The molecule has 1 aromatic heterocycles. The van der Waals surface area contributed by atoms with Crippen LogP contribution in [0, 0.1) is 0 Å². The predicted molar refractivity (Wildman–Crippen MR) is 150 cm³/mol. The zero-order valence-electron chi connectivity index (χ0n) is 21.7. The van der Waals surface area contributed by atoms with Crippen LogP contribution in [0.5, 0.6) is 17.2 Å². The summed E-state index contributed by atoms with van der Waals surface area (Å²) in [5, 5.41) is 5.33. The fraction of sp³-hybridized carbons (Fsp3) is 0.129. The number of para-hydroxylation sites is 1. The van der Waals surface area contributed by atoms with Crippen LogP contribution >= 0.6 is 0 Å². The second kappa shape index (κ2) is 11.1. The zero-order valence-corrected chi connectivity index (χ0v) is 21.7. The fourth-order valence-electron chi connectivity index (χ4n) is 4.45. The van der Waals surface area contributed by atoms with Crippen molar-refractivity contribution in [2.24, 2.45) is 0 Å². The molecule has 4 aromatic carbocycles. The van der Waals surface area contributed by atoms with Crippen LogP contribution < -0.4 is 19.5 Å². The van der Waals surface area contributed by atoms with Crippen molar-refractivity contribution in [3.05, 3.63) is 90.5 Å². The molecule has 0 saturated heterocycles. The number of aromatic nitrogens is 1. The Hall–Kier alpha value is -5.11. The number of methoxy groups -OCH3 is 3. The van der Waals surface area contributed by atoms with E-state index in [1.165, 1.54) is 21.3 Å². The molecule has 0 radical (unpaired) electrons. The molecule has 1 amide bonds. The Morgan fingerprint density at radius 1 is 0.769 bits per heavy atom. The summed E-state index contributed by atoms with van der Waals surface area (Å²) in [5.74, 6) is 0.270. The number of carbonyl (C=O) groups is 2. The van der Waals surface area contributed by atoms with E-state index in [9.17, 15) is 9.59 Å². The van der Waals surface area contributed by atoms with Gasteiger partial charge in [-0.3, -0.25) is 4.79 Å². The van der Waals surface area contributed by atoms with E-state index >= 15 is 0 Å². The van der Waals surface area contributed by atoms with Crippen molar-refractivity contribution in [2.45, 2.75) is 0 Å². The molecule has 0 bridgehead atoms. The van der Waals surface area contributed by atoms with Crippen LogP contribution in [-0.4, -0.2) is 44.8 Å². The van der Waals surface area contributed by atoms with Gasteiger partial charge in [-0.2, -0.15) is 0 Å². The number of anilines is 1. The summed E-state index contributed by atoms with van der Waals surface area (Å²) in [6, 6.07) is 25.7. The van der Waals surface area contributed by atoms with Crippen molar-refractivity contribution in [3.63, 3.8) is 0 Å². The van der Waals surface area contributed by atoms with Gasteiger partial charge in [0.1, 0.15) is 0 Å². The maximum atomic E-state index is 13.3. The number of hydrogen-bond acceptors (Lipinski definition) is 7. The molecule has 1 heterocycles. The van der Waals surface area contributed by atoms with E-state index in [4.69, 9.17) is 23.9 Å². The van der Waals surface area contributed by atoms with Crippen molar-refractivity contribution in [2.75, 3.05) is 33.3 Å². The van der Waals surface area contributed by atoms with Gasteiger partial charge in [-0.05, 0) is 35.7 Å². The minimum atomic E-state index is -0.643. The summed E-state index contributed by atoms with van der Waals surface area (Å²) in [7, 11) is 4.58. The van der Waals surface area contributed by atoms with Crippen molar-refractivity contribution in [1.82, 2.24) is 4.98 Å². The summed E-state index contributed by atoms with van der Waals surface area (Å²) in [6.07, 6.45) is 0.